The lowest BCUT2D eigenvalue weighted by atomic mass is 10.2. The Morgan fingerprint density at radius 2 is 1.95 bits per heavy atom. The minimum Gasteiger partial charge on any atom is -0.493 e. The Bertz CT molecular complexity index is 393. The molecule has 0 fully saturated rings. The average molecular weight is 265 g/mol. The lowest BCUT2D eigenvalue weighted by molar-refractivity contribution is -0.137. The van der Waals surface area contributed by atoms with Crippen molar-refractivity contribution >= 4 is 5.97 Å². The van der Waals surface area contributed by atoms with Gasteiger partial charge in [-0.2, -0.15) is 0 Å². The molecule has 0 amide bonds. The third-order valence-electron chi connectivity index (χ3n) is 2.97. The van der Waals surface area contributed by atoms with Crippen LogP contribution < -0.4 is 4.74 Å². The summed E-state index contributed by atoms with van der Waals surface area (Å²) in [6, 6.07) is 7.98. The molecule has 0 spiro atoms. The summed E-state index contributed by atoms with van der Waals surface area (Å²) in [4.78, 5) is 12.5. The number of carboxylic acid groups (broad SMARTS) is 1. The SMILES string of the molecule is Cc1ccccc1OCCCN(C)CCCC(=O)O. The van der Waals surface area contributed by atoms with Gasteiger partial charge in [0.25, 0.3) is 0 Å². The smallest absolute Gasteiger partial charge is 0.303 e. The lowest BCUT2D eigenvalue weighted by Crippen LogP contribution is -2.23. The van der Waals surface area contributed by atoms with Gasteiger partial charge in [-0.05, 0) is 45.0 Å². The number of hydrogen-bond donors (Lipinski definition) is 1. The zero-order chi connectivity index (χ0) is 14.1. The topological polar surface area (TPSA) is 49.8 Å². The summed E-state index contributed by atoms with van der Waals surface area (Å²) in [5, 5.41) is 8.55. The fourth-order valence-corrected chi connectivity index (χ4v) is 1.85. The number of hydrogen-bond acceptors (Lipinski definition) is 3. The molecule has 0 saturated carbocycles. The quantitative estimate of drug-likeness (QED) is 0.697. The van der Waals surface area contributed by atoms with E-state index in [9.17, 15) is 4.79 Å². The largest absolute Gasteiger partial charge is 0.493 e. The highest BCUT2D eigenvalue weighted by Gasteiger charge is 2.02. The third-order valence-corrected chi connectivity index (χ3v) is 2.97. The molecule has 4 heteroatoms. The molecule has 106 valence electrons. The van der Waals surface area contributed by atoms with Crippen LogP contribution in [0.2, 0.25) is 0 Å². The number of benzene rings is 1. The number of aryl methyl sites for hydroxylation is 1. The first-order chi connectivity index (χ1) is 9.09. The van der Waals surface area contributed by atoms with Gasteiger partial charge in [0.15, 0.2) is 0 Å². The summed E-state index contributed by atoms with van der Waals surface area (Å²) in [5.41, 5.74) is 1.15. The molecule has 0 atom stereocenters. The Morgan fingerprint density at radius 3 is 2.63 bits per heavy atom. The Morgan fingerprint density at radius 1 is 1.26 bits per heavy atom. The molecule has 19 heavy (non-hydrogen) atoms. The molecule has 0 aliphatic carbocycles. The first-order valence-electron chi connectivity index (χ1n) is 6.68. The van der Waals surface area contributed by atoms with Crippen molar-refractivity contribution in [3.8, 4) is 5.75 Å². The molecule has 1 aromatic rings. The van der Waals surface area contributed by atoms with Crippen molar-refractivity contribution in [3.05, 3.63) is 29.8 Å². The molecule has 1 aromatic carbocycles. The Labute approximate surface area is 115 Å². The molecule has 1 rings (SSSR count). The van der Waals surface area contributed by atoms with Crippen LogP contribution in [0.1, 0.15) is 24.8 Å². The number of nitrogens with zero attached hydrogens (tertiary/aromatic N) is 1. The zero-order valence-electron chi connectivity index (χ0n) is 11.8. The van der Waals surface area contributed by atoms with E-state index < -0.39 is 5.97 Å². The number of para-hydroxylation sites is 1. The van der Waals surface area contributed by atoms with E-state index in [1.165, 1.54) is 0 Å². The minimum atomic E-state index is -0.726. The van der Waals surface area contributed by atoms with Crippen LogP contribution in [0.3, 0.4) is 0 Å². The van der Waals surface area contributed by atoms with E-state index in [1.807, 2.05) is 38.2 Å². The summed E-state index contributed by atoms with van der Waals surface area (Å²) < 4.78 is 5.71. The van der Waals surface area contributed by atoms with E-state index in [2.05, 4.69) is 4.90 Å². The van der Waals surface area contributed by atoms with Gasteiger partial charge in [-0.3, -0.25) is 4.79 Å². The first-order valence-corrected chi connectivity index (χ1v) is 6.68. The molecule has 0 aromatic heterocycles. The van der Waals surface area contributed by atoms with Gasteiger partial charge < -0.3 is 14.7 Å². The molecular weight excluding hydrogens is 242 g/mol. The maximum absolute atomic E-state index is 10.4. The Kier molecular flexibility index (Phi) is 6.97. The second-order valence-corrected chi connectivity index (χ2v) is 4.77. The van der Waals surface area contributed by atoms with E-state index in [-0.39, 0.29) is 6.42 Å². The monoisotopic (exact) mass is 265 g/mol. The van der Waals surface area contributed by atoms with Gasteiger partial charge in [-0.25, -0.2) is 0 Å². The summed E-state index contributed by atoms with van der Waals surface area (Å²) in [5.74, 6) is 0.215. The molecule has 0 saturated heterocycles. The molecular formula is C15H23NO3. The molecule has 0 aliphatic heterocycles. The number of rotatable bonds is 9. The summed E-state index contributed by atoms with van der Waals surface area (Å²) >= 11 is 0. The van der Waals surface area contributed by atoms with Gasteiger partial charge >= 0.3 is 5.97 Å². The van der Waals surface area contributed by atoms with E-state index in [0.29, 0.717) is 13.0 Å². The molecule has 4 nitrogen and oxygen atoms in total. The van der Waals surface area contributed by atoms with Crippen LogP contribution in [0.4, 0.5) is 0 Å². The van der Waals surface area contributed by atoms with E-state index in [1.54, 1.807) is 0 Å². The van der Waals surface area contributed by atoms with Gasteiger partial charge in [-0.1, -0.05) is 18.2 Å². The highest BCUT2D eigenvalue weighted by molar-refractivity contribution is 5.66. The van der Waals surface area contributed by atoms with Crippen molar-refractivity contribution < 1.29 is 14.6 Å². The second kappa shape index (κ2) is 8.53. The molecule has 0 heterocycles. The van der Waals surface area contributed by atoms with Gasteiger partial charge in [0.2, 0.25) is 0 Å². The van der Waals surface area contributed by atoms with Crippen molar-refractivity contribution in [1.82, 2.24) is 4.90 Å². The maximum atomic E-state index is 10.4. The van der Waals surface area contributed by atoms with E-state index in [0.717, 1.165) is 30.8 Å². The third kappa shape index (κ3) is 6.82. The number of carbonyl (C=O) groups is 1. The Balaban J connectivity index is 2.10. The first kappa shape index (κ1) is 15.5. The van der Waals surface area contributed by atoms with Crippen LogP contribution in [0.15, 0.2) is 24.3 Å². The van der Waals surface area contributed by atoms with Crippen LogP contribution >= 0.6 is 0 Å². The van der Waals surface area contributed by atoms with Crippen molar-refractivity contribution in [2.75, 3.05) is 26.7 Å². The highest BCUT2D eigenvalue weighted by Crippen LogP contribution is 2.16. The fourth-order valence-electron chi connectivity index (χ4n) is 1.85. The predicted molar refractivity (Wildman–Crippen MR) is 75.7 cm³/mol. The predicted octanol–water partition coefficient (Wildman–Crippen LogP) is 2.56. The number of aliphatic carboxylic acids is 1. The van der Waals surface area contributed by atoms with Crippen LogP contribution in [-0.2, 0) is 4.79 Å². The molecule has 0 unspecified atom stereocenters. The van der Waals surface area contributed by atoms with Gasteiger partial charge in [-0.15, -0.1) is 0 Å². The number of ether oxygens (including phenoxy) is 1. The molecule has 0 bridgehead atoms. The zero-order valence-corrected chi connectivity index (χ0v) is 11.8. The summed E-state index contributed by atoms with van der Waals surface area (Å²) in [6.07, 6.45) is 1.88. The highest BCUT2D eigenvalue weighted by atomic mass is 16.5. The molecule has 0 radical (unpaired) electrons. The van der Waals surface area contributed by atoms with E-state index >= 15 is 0 Å². The fraction of sp³-hybridized carbons (Fsp3) is 0.533. The standard InChI is InChI=1S/C15H23NO3/c1-13-7-3-4-8-14(13)19-12-6-11-16(2)10-5-9-15(17)18/h3-4,7-8H,5-6,9-12H2,1-2H3,(H,17,18). The Hall–Kier alpha value is -1.55. The van der Waals surface area contributed by atoms with Gasteiger partial charge in [0.1, 0.15) is 5.75 Å². The maximum Gasteiger partial charge on any atom is 0.303 e. The second-order valence-electron chi connectivity index (χ2n) is 4.77. The van der Waals surface area contributed by atoms with Gasteiger partial charge in [0, 0.05) is 13.0 Å². The van der Waals surface area contributed by atoms with Crippen LogP contribution in [-0.4, -0.2) is 42.7 Å². The summed E-state index contributed by atoms with van der Waals surface area (Å²) in [7, 11) is 2.01. The number of carboxylic acids is 1. The van der Waals surface area contributed by atoms with E-state index in [4.69, 9.17) is 9.84 Å². The van der Waals surface area contributed by atoms with Crippen LogP contribution in [0.5, 0.6) is 5.75 Å². The van der Waals surface area contributed by atoms with Crippen molar-refractivity contribution in [2.45, 2.75) is 26.2 Å². The van der Waals surface area contributed by atoms with Crippen LogP contribution in [0, 0.1) is 6.92 Å². The van der Waals surface area contributed by atoms with Crippen molar-refractivity contribution in [2.24, 2.45) is 0 Å². The van der Waals surface area contributed by atoms with Gasteiger partial charge in [0.05, 0.1) is 6.61 Å². The lowest BCUT2D eigenvalue weighted by Gasteiger charge is -2.16. The average Bonchev–Trinajstić information content (AvgIpc) is 2.36. The summed E-state index contributed by atoms with van der Waals surface area (Å²) in [6.45, 7) is 4.46. The van der Waals surface area contributed by atoms with Crippen LogP contribution in [0.25, 0.3) is 0 Å². The van der Waals surface area contributed by atoms with Crippen molar-refractivity contribution in [3.63, 3.8) is 0 Å². The minimum absolute atomic E-state index is 0.240. The molecule has 0 aliphatic rings. The molecule has 1 N–H and O–H groups in total. The normalized spacial score (nSPS) is 10.7. The van der Waals surface area contributed by atoms with Crippen molar-refractivity contribution in [1.29, 1.82) is 0 Å².